The zero-order valence-electron chi connectivity index (χ0n) is 17.2. The van der Waals surface area contributed by atoms with Crippen LogP contribution in [0.5, 0.6) is 0 Å². The number of hydrogen-bond donors (Lipinski definition) is 1. The number of nitrogens with zero attached hydrogens (tertiary/aromatic N) is 3. The molecular weight excluding hydrogens is 440 g/mol. The van der Waals surface area contributed by atoms with E-state index < -0.39 is 10.0 Å². The molecule has 2 saturated heterocycles. The molecule has 2 aliphatic rings. The van der Waals surface area contributed by atoms with E-state index in [0.717, 1.165) is 19.4 Å². The lowest BCUT2D eigenvalue weighted by molar-refractivity contribution is 0.0595. The molecule has 2 aliphatic heterocycles. The summed E-state index contributed by atoms with van der Waals surface area (Å²) in [5, 5.41) is 7.67. The minimum Gasteiger partial charge on any atom is -0.382 e. The molecular formula is C21H27ClN4O4S. The Morgan fingerprint density at radius 1 is 1.16 bits per heavy atom. The predicted molar refractivity (Wildman–Crippen MR) is 119 cm³/mol. The van der Waals surface area contributed by atoms with Crippen LogP contribution < -0.4 is 10.9 Å². The summed E-state index contributed by atoms with van der Waals surface area (Å²) in [5.41, 5.74) is 0.175. The Morgan fingerprint density at radius 2 is 1.90 bits per heavy atom. The minimum absolute atomic E-state index is 0.117. The Balaban J connectivity index is 1.40. The zero-order chi connectivity index (χ0) is 21.8. The second kappa shape index (κ2) is 9.68. The van der Waals surface area contributed by atoms with Crippen LogP contribution in [0.4, 0.5) is 5.69 Å². The molecule has 0 radical (unpaired) electrons. The molecule has 2 fully saturated rings. The normalized spacial score (nSPS) is 21.1. The van der Waals surface area contributed by atoms with Gasteiger partial charge in [0.25, 0.3) is 5.56 Å². The van der Waals surface area contributed by atoms with E-state index in [2.05, 4.69) is 10.4 Å². The molecule has 1 aromatic heterocycles. The summed E-state index contributed by atoms with van der Waals surface area (Å²) in [4.78, 5) is 13.1. The highest BCUT2D eigenvalue weighted by atomic mass is 35.5. The molecule has 2 aromatic rings. The number of rotatable bonds is 6. The van der Waals surface area contributed by atoms with Crippen molar-refractivity contribution in [2.75, 3.05) is 38.2 Å². The average Bonchev–Trinajstić information content (AvgIpc) is 2.81. The van der Waals surface area contributed by atoms with Crippen LogP contribution in [-0.2, 0) is 14.8 Å². The molecule has 1 atom stereocenters. The molecule has 1 N–H and O–H groups in total. The maximum atomic E-state index is 12.8. The summed E-state index contributed by atoms with van der Waals surface area (Å²) in [6, 6.07) is 8.21. The number of hydrogen-bond acceptors (Lipinski definition) is 6. The van der Waals surface area contributed by atoms with Gasteiger partial charge in [-0.25, -0.2) is 13.1 Å². The first-order valence-electron chi connectivity index (χ1n) is 10.6. The topological polar surface area (TPSA) is 93.5 Å². The highest BCUT2D eigenvalue weighted by molar-refractivity contribution is 7.89. The maximum Gasteiger partial charge on any atom is 0.287 e. The second-order valence-corrected chi connectivity index (χ2v) is 10.4. The van der Waals surface area contributed by atoms with Crippen LogP contribution >= 0.6 is 11.6 Å². The number of nitrogens with one attached hydrogen (secondary N) is 1. The van der Waals surface area contributed by atoms with Gasteiger partial charge >= 0.3 is 0 Å². The second-order valence-electron chi connectivity index (χ2n) is 8.03. The highest BCUT2D eigenvalue weighted by Crippen LogP contribution is 2.27. The molecule has 0 unspecified atom stereocenters. The summed E-state index contributed by atoms with van der Waals surface area (Å²) < 4.78 is 33.9. The number of ether oxygens (including phenoxy) is 1. The standard InChI is InChI=1S/C21H27ClN4O4S/c22-20-19(23-13-16-5-4-12-30-15-16)14-24-26(21(20)27)17-8-10-25(11-9-17)31(28,29)18-6-2-1-3-7-18/h1-3,6-7,14,16-17,23H,4-5,8-13,15H2/t16-/m1/s1. The molecule has 0 saturated carbocycles. The number of anilines is 1. The van der Waals surface area contributed by atoms with Gasteiger partial charge in [-0.3, -0.25) is 4.79 Å². The van der Waals surface area contributed by atoms with Crippen molar-refractivity contribution in [3.63, 3.8) is 0 Å². The number of halogens is 1. The number of benzene rings is 1. The van der Waals surface area contributed by atoms with Crippen molar-refractivity contribution >= 4 is 27.3 Å². The van der Waals surface area contributed by atoms with E-state index in [-0.39, 0.29) is 21.5 Å². The summed E-state index contributed by atoms with van der Waals surface area (Å²) in [6.45, 7) is 2.85. The Morgan fingerprint density at radius 3 is 2.58 bits per heavy atom. The molecule has 168 valence electrons. The van der Waals surface area contributed by atoms with Crippen LogP contribution in [0.25, 0.3) is 0 Å². The minimum atomic E-state index is -3.53. The smallest absolute Gasteiger partial charge is 0.287 e. The molecule has 3 heterocycles. The first kappa shape index (κ1) is 22.3. The van der Waals surface area contributed by atoms with Crippen molar-refractivity contribution in [1.82, 2.24) is 14.1 Å². The van der Waals surface area contributed by atoms with Gasteiger partial charge in [0.1, 0.15) is 5.02 Å². The van der Waals surface area contributed by atoms with Gasteiger partial charge < -0.3 is 10.1 Å². The van der Waals surface area contributed by atoms with Gasteiger partial charge in [-0.1, -0.05) is 29.8 Å². The van der Waals surface area contributed by atoms with Crippen molar-refractivity contribution in [3.05, 3.63) is 51.9 Å². The summed E-state index contributed by atoms with van der Waals surface area (Å²) in [5.74, 6) is 0.392. The van der Waals surface area contributed by atoms with Gasteiger partial charge in [-0.15, -0.1) is 0 Å². The Hall–Kier alpha value is -1.94. The Bertz CT molecular complexity index is 1050. The fourth-order valence-electron chi connectivity index (χ4n) is 4.12. The molecule has 10 heteroatoms. The monoisotopic (exact) mass is 466 g/mol. The van der Waals surface area contributed by atoms with Gasteiger partial charge in [0.05, 0.1) is 29.4 Å². The molecule has 1 aromatic carbocycles. The molecule has 0 aliphatic carbocycles. The van der Waals surface area contributed by atoms with Crippen LogP contribution in [0.2, 0.25) is 5.02 Å². The van der Waals surface area contributed by atoms with Gasteiger partial charge in [-0.2, -0.15) is 9.40 Å². The first-order valence-corrected chi connectivity index (χ1v) is 12.4. The third kappa shape index (κ3) is 4.95. The lowest BCUT2D eigenvalue weighted by atomic mass is 10.0. The Labute approximate surface area is 187 Å². The molecule has 0 bridgehead atoms. The van der Waals surface area contributed by atoms with Crippen molar-refractivity contribution in [2.24, 2.45) is 5.92 Å². The quantitative estimate of drug-likeness (QED) is 0.703. The maximum absolute atomic E-state index is 12.8. The van der Waals surface area contributed by atoms with E-state index in [1.165, 1.54) is 8.99 Å². The summed E-state index contributed by atoms with van der Waals surface area (Å²) in [7, 11) is -3.53. The average molecular weight is 467 g/mol. The van der Waals surface area contributed by atoms with Crippen molar-refractivity contribution < 1.29 is 13.2 Å². The largest absolute Gasteiger partial charge is 0.382 e. The summed E-state index contributed by atoms with van der Waals surface area (Å²) >= 11 is 6.34. The third-order valence-corrected chi connectivity index (χ3v) is 8.21. The summed E-state index contributed by atoms with van der Waals surface area (Å²) in [6.07, 6.45) is 4.71. The van der Waals surface area contributed by atoms with Crippen LogP contribution in [-0.4, -0.2) is 55.4 Å². The van der Waals surface area contributed by atoms with Gasteiger partial charge in [-0.05, 0) is 43.7 Å². The Kier molecular flexibility index (Phi) is 6.95. The molecule has 4 rings (SSSR count). The molecule has 8 nitrogen and oxygen atoms in total. The molecule has 0 spiro atoms. The molecule has 31 heavy (non-hydrogen) atoms. The SMILES string of the molecule is O=c1c(Cl)c(NC[C@H]2CCCOC2)cnn1C1CCN(S(=O)(=O)c2ccccc2)CC1. The first-order chi connectivity index (χ1) is 15.0. The van der Waals surface area contributed by atoms with Gasteiger partial charge in [0.15, 0.2) is 0 Å². The van der Waals surface area contributed by atoms with Crippen LogP contribution in [0.1, 0.15) is 31.7 Å². The van der Waals surface area contributed by atoms with Gasteiger partial charge in [0, 0.05) is 26.2 Å². The lowest BCUT2D eigenvalue weighted by Gasteiger charge is -2.31. The lowest BCUT2D eigenvalue weighted by Crippen LogP contribution is -2.41. The van der Waals surface area contributed by atoms with E-state index in [0.29, 0.717) is 50.7 Å². The molecule has 0 amide bonds. The van der Waals surface area contributed by atoms with Crippen molar-refractivity contribution in [3.8, 4) is 0 Å². The zero-order valence-corrected chi connectivity index (χ0v) is 18.8. The van der Waals surface area contributed by atoms with Crippen molar-refractivity contribution in [1.29, 1.82) is 0 Å². The van der Waals surface area contributed by atoms with E-state index >= 15 is 0 Å². The van der Waals surface area contributed by atoms with E-state index in [1.807, 2.05) is 0 Å². The van der Waals surface area contributed by atoms with E-state index in [1.54, 1.807) is 36.5 Å². The van der Waals surface area contributed by atoms with Gasteiger partial charge in [0.2, 0.25) is 10.0 Å². The van der Waals surface area contributed by atoms with Crippen LogP contribution in [0.15, 0.2) is 46.2 Å². The predicted octanol–water partition coefficient (Wildman–Crippen LogP) is 2.76. The highest BCUT2D eigenvalue weighted by Gasteiger charge is 2.31. The number of sulfonamides is 1. The van der Waals surface area contributed by atoms with E-state index in [4.69, 9.17) is 16.3 Å². The van der Waals surface area contributed by atoms with Crippen LogP contribution in [0, 0.1) is 5.92 Å². The third-order valence-electron chi connectivity index (χ3n) is 5.93. The van der Waals surface area contributed by atoms with Crippen molar-refractivity contribution in [2.45, 2.75) is 36.6 Å². The fourth-order valence-corrected chi connectivity index (χ4v) is 5.81. The number of aromatic nitrogens is 2. The van der Waals surface area contributed by atoms with E-state index in [9.17, 15) is 13.2 Å². The fraction of sp³-hybridized carbons (Fsp3) is 0.524. The number of piperidine rings is 1. The van der Waals surface area contributed by atoms with Crippen LogP contribution in [0.3, 0.4) is 0 Å².